The number of hydrogen-bond acceptors (Lipinski definition) is 7. The third-order valence-corrected chi connectivity index (χ3v) is 5.70. The number of nitrogens with one attached hydrogen (secondary N) is 1. The van der Waals surface area contributed by atoms with E-state index in [4.69, 9.17) is 13.6 Å². The Morgan fingerprint density at radius 2 is 1.90 bits per heavy atom. The molecule has 2 amide bonds. The molecule has 1 N–H and O–H groups in total. The molecule has 9 nitrogen and oxygen atoms in total. The minimum atomic E-state index is -0.318. The molecule has 0 aromatic carbocycles. The van der Waals surface area contributed by atoms with Gasteiger partial charge in [0.05, 0.1) is 12.8 Å². The van der Waals surface area contributed by atoms with Gasteiger partial charge in [0, 0.05) is 38.3 Å². The van der Waals surface area contributed by atoms with Gasteiger partial charge in [-0.15, -0.1) is 0 Å². The van der Waals surface area contributed by atoms with Gasteiger partial charge in [-0.05, 0) is 25.0 Å². The molecule has 1 aliphatic heterocycles. The monoisotopic (exact) mass is 429 g/mol. The molecule has 31 heavy (non-hydrogen) atoms. The van der Waals surface area contributed by atoms with Crippen LogP contribution in [0.4, 0.5) is 0 Å². The number of rotatable bonds is 7. The summed E-state index contributed by atoms with van der Waals surface area (Å²) < 4.78 is 16.1. The third kappa shape index (κ3) is 5.55. The van der Waals surface area contributed by atoms with E-state index in [0.29, 0.717) is 44.2 Å². The summed E-state index contributed by atoms with van der Waals surface area (Å²) in [6, 6.07) is 4.96. The topological polar surface area (TPSA) is 105 Å². The van der Waals surface area contributed by atoms with E-state index in [9.17, 15) is 14.4 Å². The molecule has 1 saturated heterocycles. The van der Waals surface area contributed by atoms with Gasteiger partial charge in [-0.2, -0.15) is 0 Å². The zero-order valence-corrected chi connectivity index (χ0v) is 17.4. The molecule has 4 rings (SSSR count). The Kier molecular flexibility index (Phi) is 6.71. The average Bonchev–Trinajstić information content (AvgIpc) is 3.48. The van der Waals surface area contributed by atoms with Crippen molar-refractivity contribution in [2.45, 2.75) is 38.3 Å². The summed E-state index contributed by atoms with van der Waals surface area (Å²) >= 11 is 0. The van der Waals surface area contributed by atoms with Gasteiger partial charge >= 0.3 is 0 Å². The number of hydrogen-bond donors (Lipinski definition) is 1. The van der Waals surface area contributed by atoms with Gasteiger partial charge in [0.1, 0.15) is 12.0 Å². The first-order valence-electron chi connectivity index (χ1n) is 10.7. The Hall–Kier alpha value is -3.07. The fourth-order valence-electron chi connectivity index (χ4n) is 4.00. The molecule has 2 aromatic rings. The first-order chi connectivity index (χ1) is 15.1. The quantitative estimate of drug-likeness (QED) is 0.713. The number of nitrogens with zero attached hydrogens (tertiary/aromatic N) is 2. The number of furan rings is 1. The van der Waals surface area contributed by atoms with Gasteiger partial charge in [-0.1, -0.05) is 12.8 Å². The molecule has 0 atom stereocenters. The predicted octanol–water partition coefficient (Wildman–Crippen LogP) is 1.63. The summed E-state index contributed by atoms with van der Waals surface area (Å²) in [7, 11) is 0. The van der Waals surface area contributed by atoms with Crippen LogP contribution in [0.25, 0.3) is 0 Å². The van der Waals surface area contributed by atoms with E-state index in [2.05, 4.69) is 10.2 Å². The van der Waals surface area contributed by atoms with Crippen molar-refractivity contribution in [3.63, 3.8) is 0 Å². The standard InChI is InChI=1S/C22H27N3O6/c26-18-12-17(30-14-20(18)31-15-21(27)23-16-4-1-2-5-16)13-24-7-9-25(10-8-24)22(28)19-6-3-11-29-19/h3,6,11-12,14,16H,1-2,4-5,7-10,13,15H2,(H,23,27). The van der Waals surface area contributed by atoms with E-state index in [1.807, 2.05) is 0 Å². The number of carbonyl (C=O) groups is 2. The molecule has 0 radical (unpaired) electrons. The maximum atomic E-state index is 12.3. The third-order valence-electron chi connectivity index (χ3n) is 5.70. The molecule has 0 spiro atoms. The molecule has 1 aliphatic carbocycles. The highest BCUT2D eigenvalue weighted by molar-refractivity contribution is 5.91. The summed E-state index contributed by atoms with van der Waals surface area (Å²) in [6.45, 7) is 2.72. The van der Waals surface area contributed by atoms with Crippen LogP contribution >= 0.6 is 0 Å². The average molecular weight is 429 g/mol. The smallest absolute Gasteiger partial charge is 0.289 e. The minimum absolute atomic E-state index is 0.0270. The number of carbonyl (C=O) groups excluding carboxylic acids is 2. The van der Waals surface area contributed by atoms with Crippen LogP contribution in [0.15, 0.2) is 44.4 Å². The molecule has 3 heterocycles. The van der Waals surface area contributed by atoms with Crippen LogP contribution in [-0.2, 0) is 11.3 Å². The van der Waals surface area contributed by atoms with Crippen molar-refractivity contribution in [3.8, 4) is 5.75 Å². The molecule has 2 fully saturated rings. The maximum absolute atomic E-state index is 12.3. The molecule has 166 valence electrons. The highest BCUT2D eigenvalue weighted by Gasteiger charge is 2.24. The fraction of sp³-hybridized carbons (Fsp3) is 0.500. The number of piperazine rings is 1. The molecule has 0 unspecified atom stereocenters. The first kappa shape index (κ1) is 21.2. The highest BCUT2D eigenvalue weighted by Crippen LogP contribution is 2.17. The number of ether oxygens (including phenoxy) is 1. The second-order valence-electron chi connectivity index (χ2n) is 7.96. The zero-order valence-electron chi connectivity index (χ0n) is 17.4. The van der Waals surface area contributed by atoms with Gasteiger partial charge in [-0.3, -0.25) is 19.3 Å². The van der Waals surface area contributed by atoms with E-state index >= 15 is 0 Å². The number of amides is 2. The van der Waals surface area contributed by atoms with Gasteiger partial charge in [0.2, 0.25) is 11.2 Å². The van der Waals surface area contributed by atoms with Crippen LogP contribution in [0.2, 0.25) is 0 Å². The second kappa shape index (κ2) is 9.82. The lowest BCUT2D eigenvalue weighted by molar-refractivity contribution is -0.123. The molecule has 0 bridgehead atoms. The normalized spacial score (nSPS) is 17.6. The van der Waals surface area contributed by atoms with E-state index in [0.717, 1.165) is 25.7 Å². The summed E-state index contributed by atoms with van der Waals surface area (Å²) in [4.78, 5) is 40.5. The molecule has 2 aliphatic rings. The lowest BCUT2D eigenvalue weighted by Gasteiger charge is -2.33. The molecular weight excluding hydrogens is 402 g/mol. The van der Waals surface area contributed by atoms with Gasteiger partial charge < -0.3 is 23.8 Å². The van der Waals surface area contributed by atoms with Crippen LogP contribution in [0, 0.1) is 0 Å². The summed E-state index contributed by atoms with van der Waals surface area (Å²) in [6.07, 6.45) is 7.00. The van der Waals surface area contributed by atoms with E-state index < -0.39 is 0 Å². The predicted molar refractivity (Wildman–Crippen MR) is 111 cm³/mol. The van der Waals surface area contributed by atoms with Crippen molar-refractivity contribution >= 4 is 11.8 Å². The van der Waals surface area contributed by atoms with Crippen molar-refractivity contribution in [1.82, 2.24) is 15.1 Å². The largest absolute Gasteiger partial charge is 0.477 e. The van der Waals surface area contributed by atoms with Crippen molar-refractivity contribution in [2.75, 3.05) is 32.8 Å². The minimum Gasteiger partial charge on any atom is -0.477 e. The van der Waals surface area contributed by atoms with Gasteiger partial charge in [0.25, 0.3) is 11.8 Å². The highest BCUT2D eigenvalue weighted by atomic mass is 16.5. The molecule has 9 heteroatoms. The Labute approximate surface area is 179 Å². The first-order valence-corrected chi connectivity index (χ1v) is 10.7. The van der Waals surface area contributed by atoms with Crippen LogP contribution in [0.3, 0.4) is 0 Å². The molecular formula is C22H27N3O6. The maximum Gasteiger partial charge on any atom is 0.289 e. The summed E-state index contributed by atoms with van der Waals surface area (Å²) in [5, 5.41) is 2.92. The Bertz CT molecular complexity index is 940. The Morgan fingerprint density at radius 3 is 2.58 bits per heavy atom. The van der Waals surface area contributed by atoms with Gasteiger partial charge in [0.15, 0.2) is 12.4 Å². The van der Waals surface area contributed by atoms with Crippen LogP contribution in [0.1, 0.15) is 42.0 Å². The van der Waals surface area contributed by atoms with E-state index in [-0.39, 0.29) is 35.6 Å². The van der Waals surface area contributed by atoms with Crippen molar-refractivity contribution in [3.05, 3.63) is 52.5 Å². The van der Waals surface area contributed by atoms with E-state index in [1.54, 1.807) is 17.0 Å². The molecule has 2 aromatic heterocycles. The SMILES string of the molecule is O=C(COc1coc(CN2CCN(C(=O)c3ccco3)CC2)cc1=O)NC1CCCC1. The zero-order chi connectivity index (χ0) is 21.6. The molecule has 1 saturated carbocycles. The summed E-state index contributed by atoms with van der Waals surface area (Å²) in [5.41, 5.74) is -0.318. The lowest BCUT2D eigenvalue weighted by atomic mass is 10.2. The van der Waals surface area contributed by atoms with E-state index in [1.165, 1.54) is 18.6 Å². The Balaban J connectivity index is 1.23. The fourth-order valence-corrected chi connectivity index (χ4v) is 4.00. The Morgan fingerprint density at radius 1 is 1.13 bits per heavy atom. The summed E-state index contributed by atoms with van der Waals surface area (Å²) in [5.74, 6) is 0.539. The van der Waals surface area contributed by atoms with Crippen LogP contribution in [0.5, 0.6) is 5.75 Å². The second-order valence-corrected chi connectivity index (χ2v) is 7.96. The van der Waals surface area contributed by atoms with Crippen LogP contribution < -0.4 is 15.5 Å². The van der Waals surface area contributed by atoms with Crippen molar-refractivity contribution < 1.29 is 23.2 Å². The van der Waals surface area contributed by atoms with Crippen molar-refractivity contribution in [2.24, 2.45) is 0 Å². The lowest BCUT2D eigenvalue weighted by Crippen LogP contribution is -2.48. The van der Waals surface area contributed by atoms with Gasteiger partial charge in [-0.25, -0.2) is 0 Å². The van der Waals surface area contributed by atoms with Crippen molar-refractivity contribution in [1.29, 1.82) is 0 Å². The van der Waals surface area contributed by atoms with Crippen LogP contribution in [-0.4, -0.2) is 60.4 Å².